The van der Waals surface area contributed by atoms with Crippen LogP contribution < -0.4 is 0 Å². The van der Waals surface area contributed by atoms with Crippen molar-refractivity contribution in [3.63, 3.8) is 0 Å². The Morgan fingerprint density at radius 2 is 1.45 bits per heavy atom. The Kier molecular flexibility index (Phi) is 3.99. The zero-order valence-corrected chi connectivity index (χ0v) is 9.34. The third kappa shape index (κ3) is 10.4. The molecule has 0 aromatic carbocycles. The fourth-order valence-electron chi connectivity index (χ4n) is 0.383. The Morgan fingerprint density at radius 1 is 1.00 bits per heavy atom. The van der Waals surface area contributed by atoms with Crippen LogP contribution in [0.4, 0.5) is 0 Å². The van der Waals surface area contributed by atoms with Crippen LogP contribution in [0.25, 0.3) is 0 Å². The highest BCUT2D eigenvalue weighted by Gasteiger charge is 2.15. The molecule has 66 valence electrons. The lowest BCUT2D eigenvalue weighted by Gasteiger charge is -2.23. The summed E-state index contributed by atoms with van der Waals surface area (Å²) >= 11 is 1.84. The van der Waals surface area contributed by atoms with Crippen LogP contribution in [0.5, 0.6) is 0 Å². The second-order valence-electron chi connectivity index (χ2n) is 4.63. The first-order valence-corrected chi connectivity index (χ1v) is 4.97. The topological polar surface area (TPSA) is 9.23 Å². The van der Waals surface area contributed by atoms with Crippen LogP contribution in [-0.4, -0.2) is 17.1 Å². The van der Waals surface area contributed by atoms with Crippen LogP contribution in [0.15, 0.2) is 0 Å². The minimum atomic E-state index is -0.00174. The van der Waals surface area contributed by atoms with Crippen LogP contribution in [0.3, 0.4) is 0 Å². The van der Waals surface area contributed by atoms with Crippen LogP contribution in [0.2, 0.25) is 0 Å². The van der Waals surface area contributed by atoms with E-state index in [4.69, 9.17) is 4.65 Å². The quantitative estimate of drug-likeness (QED) is 0.595. The molecule has 0 N–H and O–H groups in total. The van der Waals surface area contributed by atoms with E-state index in [1.54, 1.807) is 0 Å². The average Bonchev–Trinajstić information content (AvgIpc) is 1.55. The Morgan fingerprint density at radius 3 is 1.73 bits per heavy atom. The van der Waals surface area contributed by atoms with E-state index in [2.05, 4.69) is 41.5 Å². The molecule has 0 spiro atoms. The van der Waals surface area contributed by atoms with E-state index in [-0.39, 0.29) is 5.60 Å². The van der Waals surface area contributed by atoms with Crippen LogP contribution in [0.1, 0.15) is 41.5 Å². The van der Waals surface area contributed by atoms with Crippen LogP contribution in [0, 0.1) is 0 Å². The lowest BCUT2D eigenvalue weighted by Crippen LogP contribution is -2.22. The first-order valence-electron chi connectivity index (χ1n) is 3.99. The molecule has 0 fully saturated rings. The van der Waals surface area contributed by atoms with Gasteiger partial charge in [-0.25, -0.2) is 0 Å². The molecule has 0 saturated heterocycles. The highest BCUT2D eigenvalue weighted by Crippen LogP contribution is 2.23. The van der Waals surface area contributed by atoms with E-state index in [9.17, 15) is 0 Å². The molecule has 0 heterocycles. The van der Waals surface area contributed by atoms with Gasteiger partial charge in [-0.3, -0.25) is 0 Å². The van der Waals surface area contributed by atoms with Crippen molar-refractivity contribution < 1.29 is 4.65 Å². The Bertz CT molecular complexity index is 98.2. The van der Waals surface area contributed by atoms with Gasteiger partial charge >= 0.3 is 6.76 Å². The van der Waals surface area contributed by atoms with Gasteiger partial charge in [0.25, 0.3) is 0 Å². The zero-order chi connectivity index (χ0) is 9.12. The van der Waals surface area contributed by atoms with E-state index >= 15 is 0 Å². The van der Waals surface area contributed by atoms with E-state index in [0.717, 1.165) is 6.76 Å². The highest BCUT2D eigenvalue weighted by molar-refractivity contribution is 8.22. The van der Waals surface area contributed by atoms with Crippen molar-refractivity contribution in [2.24, 2.45) is 0 Å². The molecule has 1 nitrogen and oxygen atoms in total. The third-order valence-electron chi connectivity index (χ3n) is 0.984. The highest BCUT2D eigenvalue weighted by atomic mass is 32.2. The van der Waals surface area contributed by atoms with Crippen molar-refractivity contribution in [1.29, 1.82) is 0 Å². The van der Waals surface area contributed by atoms with E-state index in [1.807, 2.05) is 11.6 Å². The van der Waals surface area contributed by atoms with E-state index in [1.165, 1.54) is 0 Å². The largest absolute Gasteiger partial charge is 0.424 e. The molecule has 0 bridgehead atoms. The van der Waals surface area contributed by atoms with Gasteiger partial charge < -0.3 is 4.65 Å². The molecule has 0 aromatic rings. The van der Waals surface area contributed by atoms with Crippen molar-refractivity contribution in [3.05, 3.63) is 0 Å². The summed E-state index contributed by atoms with van der Waals surface area (Å²) in [4.78, 5) is 0. The number of rotatable bonds is 2. The molecule has 0 aliphatic carbocycles. The van der Waals surface area contributed by atoms with Gasteiger partial charge in [-0.15, -0.1) is 0 Å². The van der Waals surface area contributed by atoms with E-state index < -0.39 is 0 Å². The van der Waals surface area contributed by atoms with Crippen LogP contribution >= 0.6 is 11.6 Å². The molecule has 0 atom stereocenters. The molecule has 0 aliphatic rings. The van der Waals surface area contributed by atoms with Crippen molar-refractivity contribution in [2.75, 3.05) is 0 Å². The monoisotopic (exact) mass is 174 g/mol. The smallest absolute Gasteiger partial charge is 0.343 e. The first kappa shape index (κ1) is 11.4. The van der Waals surface area contributed by atoms with Crippen LogP contribution in [-0.2, 0) is 4.65 Å². The molecule has 0 aliphatic heterocycles. The minimum absolute atomic E-state index is 0.00174. The normalized spacial score (nSPS) is 13.3. The van der Waals surface area contributed by atoms with Gasteiger partial charge in [0, 0.05) is 5.60 Å². The summed E-state index contributed by atoms with van der Waals surface area (Å²) in [6.07, 6.45) is 0. The lowest BCUT2D eigenvalue weighted by atomic mass is 10.2. The summed E-state index contributed by atoms with van der Waals surface area (Å²) < 4.78 is 5.88. The van der Waals surface area contributed by atoms with E-state index in [0.29, 0.717) is 4.75 Å². The molecule has 0 amide bonds. The molecular weight excluding hydrogens is 155 g/mol. The third-order valence-corrected chi connectivity index (χ3v) is 2.09. The fourth-order valence-corrected chi connectivity index (χ4v) is 1.15. The molecule has 0 rings (SSSR count). The number of hydrogen-bond donors (Lipinski definition) is 0. The molecule has 0 unspecified atom stereocenters. The second-order valence-corrected chi connectivity index (χ2v) is 6.38. The fraction of sp³-hybridized carbons (Fsp3) is 1.00. The van der Waals surface area contributed by atoms with Gasteiger partial charge in [0.15, 0.2) is 0 Å². The predicted molar refractivity (Wildman–Crippen MR) is 55.3 cm³/mol. The van der Waals surface area contributed by atoms with Gasteiger partial charge in [0.2, 0.25) is 0 Å². The van der Waals surface area contributed by atoms with Gasteiger partial charge in [-0.05, 0) is 25.5 Å². The Hall–Kier alpha value is 0.375. The van der Waals surface area contributed by atoms with Gasteiger partial charge in [0.1, 0.15) is 0 Å². The average molecular weight is 174 g/mol. The molecule has 3 heteroatoms. The van der Waals surface area contributed by atoms with Gasteiger partial charge in [-0.2, -0.15) is 11.6 Å². The molecule has 0 radical (unpaired) electrons. The maximum atomic E-state index is 5.57. The van der Waals surface area contributed by atoms with Crippen molar-refractivity contribution in [3.8, 4) is 0 Å². The summed E-state index contributed by atoms with van der Waals surface area (Å²) in [7, 11) is 0. The Balaban J connectivity index is 3.44. The summed E-state index contributed by atoms with van der Waals surface area (Å²) in [5, 5.41) is 0. The number of hydrogen-bond acceptors (Lipinski definition) is 2. The summed E-state index contributed by atoms with van der Waals surface area (Å²) in [6, 6.07) is 0. The molecular formula is C8H19BOS. The zero-order valence-electron chi connectivity index (χ0n) is 8.52. The maximum absolute atomic E-state index is 5.57. The summed E-state index contributed by atoms with van der Waals surface area (Å²) in [5.74, 6) is 0. The summed E-state index contributed by atoms with van der Waals surface area (Å²) in [6.45, 7) is 13.6. The lowest BCUT2D eigenvalue weighted by molar-refractivity contribution is 0.144. The van der Waals surface area contributed by atoms with Crippen molar-refractivity contribution >= 4 is 18.4 Å². The predicted octanol–water partition coefficient (Wildman–Crippen LogP) is 2.60. The maximum Gasteiger partial charge on any atom is 0.343 e. The van der Waals surface area contributed by atoms with Crippen molar-refractivity contribution in [1.82, 2.24) is 0 Å². The Labute approximate surface area is 75.5 Å². The molecule has 0 aromatic heterocycles. The SMILES string of the molecule is CC(C)(C)OBSC(C)(C)C. The second kappa shape index (κ2) is 3.86. The minimum Gasteiger partial charge on any atom is -0.424 e. The standard InChI is InChI=1S/C8H19BOS/c1-7(2,3)10-9-11-8(4,5)6/h9H,1-6H3. The first-order chi connectivity index (χ1) is 4.71. The summed E-state index contributed by atoms with van der Waals surface area (Å²) in [5.41, 5.74) is -0.00174. The van der Waals surface area contributed by atoms with Crippen molar-refractivity contribution in [2.45, 2.75) is 51.9 Å². The molecule has 11 heavy (non-hydrogen) atoms. The van der Waals surface area contributed by atoms with Gasteiger partial charge in [0.05, 0.1) is 0 Å². The van der Waals surface area contributed by atoms with Gasteiger partial charge in [-0.1, -0.05) is 20.8 Å². The molecule has 0 saturated carbocycles.